The Morgan fingerprint density at radius 3 is 2.80 bits per heavy atom. The number of fused-ring (bicyclic) bond motifs is 2. The van der Waals surface area contributed by atoms with Crippen molar-refractivity contribution in [2.24, 2.45) is 0 Å². The molecule has 0 fully saturated rings. The van der Waals surface area contributed by atoms with E-state index < -0.39 is 0 Å². The lowest BCUT2D eigenvalue weighted by atomic mass is 9.89. The van der Waals surface area contributed by atoms with Crippen molar-refractivity contribution in [1.29, 1.82) is 0 Å². The van der Waals surface area contributed by atoms with Gasteiger partial charge < -0.3 is 9.84 Å². The van der Waals surface area contributed by atoms with Gasteiger partial charge in [-0.3, -0.25) is 9.78 Å². The average molecular weight is 336 g/mol. The molecular weight excluding hydrogens is 316 g/mol. The molecule has 1 aromatic carbocycles. The van der Waals surface area contributed by atoms with Crippen molar-refractivity contribution in [1.82, 2.24) is 20.4 Å². The van der Waals surface area contributed by atoms with Crippen LogP contribution in [0.2, 0.25) is 0 Å². The summed E-state index contributed by atoms with van der Waals surface area (Å²) in [6.45, 7) is 3.61. The third kappa shape index (κ3) is 2.88. The summed E-state index contributed by atoms with van der Waals surface area (Å²) in [6, 6.07) is 7.48. The summed E-state index contributed by atoms with van der Waals surface area (Å²) in [7, 11) is 0. The smallest absolute Gasteiger partial charge is 0.252 e. The zero-order valence-corrected chi connectivity index (χ0v) is 14.4. The Morgan fingerprint density at radius 2 is 2.00 bits per heavy atom. The summed E-state index contributed by atoms with van der Waals surface area (Å²) in [4.78, 5) is 22.1. The predicted octanol–water partition coefficient (Wildman–Crippen LogP) is 3.30. The van der Waals surface area contributed by atoms with Gasteiger partial charge in [0.25, 0.3) is 5.91 Å². The first-order valence-corrected chi connectivity index (χ1v) is 8.65. The van der Waals surface area contributed by atoms with E-state index in [1.807, 2.05) is 31.2 Å². The van der Waals surface area contributed by atoms with Crippen LogP contribution in [0.3, 0.4) is 0 Å². The molecule has 0 unspecified atom stereocenters. The fourth-order valence-corrected chi connectivity index (χ4v) is 3.45. The SMILES string of the molecule is Cc1noc([C@H](C)NC(=O)c2c3c(nc4ccccc24)CCCC3)n1. The van der Waals surface area contributed by atoms with Crippen LogP contribution < -0.4 is 5.32 Å². The summed E-state index contributed by atoms with van der Waals surface area (Å²) >= 11 is 0. The minimum absolute atomic E-state index is 0.111. The van der Waals surface area contributed by atoms with Gasteiger partial charge in [-0.15, -0.1) is 0 Å². The van der Waals surface area contributed by atoms with Crippen LogP contribution in [0.1, 0.15) is 59.1 Å². The largest absolute Gasteiger partial charge is 0.340 e. The summed E-state index contributed by atoms with van der Waals surface area (Å²) in [6.07, 6.45) is 4.03. The van der Waals surface area contributed by atoms with E-state index in [2.05, 4.69) is 15.5 Å². The molecule has 0 saturated heterocycles. The van der Waals surface area contributed by atoms with Crippen molar-refractivity contribution >= 4 is 16.8 Å². The quantitative estimate of drug-likeness (QED) is 0.794. The molecule has 1 N–H and O–H groups in total. The van der Waals surface area contributed by atoms with E-state index in [9.17, 15) is 4.79 Å². The van der Waals surface area contributed by atoms with Gasteiger partial charge in [-0.2, -0.15) is 4.98 Å². The number of benzene rings is 1. The number of nitrogens with zero attached hydrogens (tertiary/aromatic N) is 3. The number of pyridine rings is 1. The third-order valence-electron chi connectivity index (χ3n) is 4.66. The fourth-order valence-electron chi connectivity index (χ4n) is 3.45. The van der Waals surface area contributed by atoms with Crippen LogP contribution >= 0.6 is 0 Å². The normalized spacial score (nSPS) is 15.0. The molecule has 128 valence electrons. The van der Waals surface area contributed by atoms with Gasteiger partial charge in [0.15, 0.2) is 5.82 Å². The van der Waals surface area contributed by atoms with Gasteiger partial charge in [0.1, 0.15) is 6.04 Å². The van der Waals surface area contributed by atoms with Crippen molar-refractivity contribution in [3.8, 4) is 0 Å². The van der Waals surface area contributed by atoms with Gasteiger partial charge in [-0.25, -0.2) is 0 Å². The monoisotopic (exact) mass is 336 g/mol. The van der Waals surface area contributed by atoms with Gasteiger partial charge in [0.2, 0.25) is 5.89 Å². The van der Waals surface area contributed by atoms with Crippen LogP contribution in [0.15, 0.2) is 28.8 Å². The summed E-state index contributed by atoms with van der Waals surface area (Å²) < 4.78 is 5.17. The molecule has 1 aliphatic carbocycles. The third-order valence-corrected chi connectivity index (χ3v) is 4.66. The topological polar surface area (TPSA) is 80.9 Å². The van der Waals surface area contributed by atoms with Crippen molar-refractivity contribution in [3.63, 3.8) is 0 Å². The van der Waals surface area contributed by atoms with E-state index in [1.54, 1.807) is 6.92 Å². The van der Waals surface area contributed by atoms with Crippen LogP contribution in [0.4, 0.5) is 0 Å². The number of nitrogens with one attached hydrogen (secondary N) is 1. The maximum absolute atomic E-state index is 13.1. The molecule has 25 heavy (non-hydrogen) atoms. The van der Waals surface area contributed by atoms with Gasteiger partial charge in [-0.1, -0.05) is 23.4 Å². The van der Waals surface area contributed by atoms with E-state index in [4.69, 9.17) is 9.51 Å². The molecule has 2 heterocycles. The highest BCUT2D eigenvalue weighted by Crippen LogP contribution is 2.29. The van der Waals surface area contributed by atoms with E-state index >= 15 is 0 Å². The van der Waals surface area contributed by atoms with Crippen LogP contribution in [0.5, 0.6) is 0 Å². The summed E-state index contributed by atoms with van der Waals surface area (Å²) in [5.41, 5.74) is 3.74. The number of carbonyl (C=O) groups excluding carboxylic acids is 1. The first kappa shape index (κ1) is 15.7. The van der Waals surface area contributed by atoms with Crippen molar-refractivity contribution in [2.45, 2.75) is 45.6 Å². The summed E-state index contributed by atoms with van der Waals surface area (Å²) in [5, 5.41) is 7.69. The van der Waals surface area contributed by atoms with Crippen LogP contribution in [0, 0.1) is 6.92 Å². The highest BCUT2D eigenvalue weighted by molar-refractivity contribution is 6.07. The minimum Gasteiger partial charge on any atom is -0.340 e. The van der Waals surface area contributed by atoms with Gasteiger partial charge in [0.05, 0.1) is 11.1 Å². The van der Waals surface area contributed by atoms with Crippen molar-refractivity contribution < 1.29 is 9.32 Å². The lowest BCUT2D eigenvalue weighted by molar-refractivity contribution is 0.0933. The molecule has 1 amide bonds. The zero-order valence-electron chi connectivity index (χ0n) is 14.4. The van der Waals surface area contributed by atoms with Crippen LogP contribution in [-0.2, 0) is 12.8 Å². The minimum atomic E-state index is -0.347. The number of para-hydroxylation sites is 1. The second kappa shape index (κ2) is 6.27. The van der Waals surface area contributed by atoms with E-state index in [1.165, 1.54) is 0 Å². The molecule has 1 atom stereocenters. The van der Waals surface area contributed by atoms with Crippen LogP contribution in [0.25, 0.3) is 10.9 Å². The number of aromatic nitrogens is 3. The molecule has 6 heteroatoms. The first-order chi connectivity index (χ1) is 12.1. The van der Waals surface area contributed by atoms with Gasteiger partial charge in [-0.05, 0) is 51.2 Å². The molecule has 0 bridgehead atoms. The zero-order chi connectivity index (χ0) is 17.4. The molecule has 1 aliphatic rings. The Kier molecular flexibility index (Phi) is 3.95. The van der Waals surface area contributed by atoms with Crippen LogP contribution in [-0.4, -0.2) is 21.0 Å². The molecular formula is C19H20N4O2. The molecule has 3 aromatic rings. The Bertz CT molecular complexity index is 948. The second-order valence-electron chi connectivity index (χ2n) is 6.51. The van der Waals surface area contributed by atoms with E-state index in [0.717, 1.165) is 53.4 Å². The maximum atomic E-state index is 13.1. The number of carbonyl (C=O) groups is 1. The van der Waals surface area contributed by atoms with Gasteiger partial charge in [0, 0.05) is 11.1 Å². The standard InChI is InChI=1S/C19H20N4O2/c1-11(19-21-12(2)23-25-19)20-18(24)17-13-7-3-5-9-15(13)22-16-10-6-4-8-14(16)17/h3,5,7,9,11H,4,6,8,10H2,1-2H3,(H,20,24)/t11-/m0/s1. The predicted molar refractivity (Wildman–Crippen MR) is 93.3 cm³/mol. The van der Waals surface area contributed by atoms with E-state index in [0.29, 0.717) is 11.7 Å². The lowest BCUT2D eigenvalue weighted by Crippen LogP contribution is -2.29. The Hall–Kier alpha value is -2.76. The number of rotatable bonds is 3. The number of aryl methyl sites for hydroxylation is 2. The van der Waals surface area contributed by atoms with Gasteiger partial charge >= 0.3 is 0 Å². The Balaban J connectivity index is 1.75. The molecule has 4 rings (SSSR count). The molecule has 6 nitrogen and oxygen atoms in total. The number of amides is 1. The Morgan fingerprint density at radius 1 is 1.20 bits per heavy atom. The maximum Gasteiger partial charge on any atom is 0.252 e. The second-order valence-corrected chi connectivity index (χ2v) is 6.51. The molecule has 0 saturated carbocycles. The molecule has 0 aliphatic heterocycles. The van der Waals surface area contributed by atoms with E-state index in [-0.39, 0.29) is 11.9 Å². The molecule has 2 aromatic heterocycles. The molecule has 0 spiro atoms. The molecule has 0 radical (unpaired) electrons. The fraction of sp³-hybridized carbons (Fsp3) is 0.368. The first-order valence-electron chi connectivity index (χ1n) is 8.65. The van der Waals surface area contributed by atoms with Crippen molar-refractivity contribution in [3.05, 3.63) is 52.8 Å². The van der Waals surface area contributed by atoms with Crippen molar-refractivity contribution in [2.75, 3.05) is 0 Å². The summed E-state index contributed by atoms with van der Waals surface area (Å²) in [5.74, 6) is 0.862. The Labute approximate surface area is 145 Å². The highest BCUT2D eigenvalue weighted by atomic mass is 16.5. The lowest BCUT2D eigenvalue weighted by Gasteiger charge is -2.21. The number of hydrogen-bond acceptors (Lipinski definition) is 5. The average Bonchev–Trinajstić information content (AvgIpc) is 3.06. The highest BCUT2D eigenvalue weighted by Gasteiger charge is 2.24. The number of hydrogen-bond donors (Lipinski definition) is 1.